The molecule has 0 aliphatic carbocycles. The van der Waals surface area contributed by atoms with E-state index in [0.717, 1.165) is 59.4 Å². The SMILES string of the molecule is Cc1cc([C@@H](C)Nc2ccccc2-c2ccc(CCO)c(Cl)c2)c2oc(N3CCC(C)(C)CC3)c(C)c(=O)c2c1. The molecule has 210 valence electrons. The van der Waals surface area contributed by atoms with Crippen molar-refractivity contribution in [2.24, 2.45) is 5.41 Å². The fraction of sp³-hybridized carbons (Fsp3) is 0.382. The summed E-state index contributed by atoms with van der Waals surface area (Å²) in [4.78, 5) is 15.9. The number of nitrogens with zero attached hydrogens (tertiary/aromatic N) is 1. The topological polar surface area (TPSA) is 65.7 Å². The van der Waals surface area contributed by atoms with E-state index >= 15 is 0 Å². The quantitative estimate of drug-likeness (QED) is 0.240. The van der Waals surface area contributed by atoms with Crippen LogP contribution in [0.15, 0.2) is 63.8 Å². The normalized spacial score (nSPS) is 15.8. The Bertz CT molecular complexity index is 1600. The molecule has 2 heterocycles. The van der Waals surface area contributed by atoms with E-state index in [2.05, 4.69) is 49.2 Å². The number of para-hydroxylation sites is 1. The number of hydrogen-bond acceptors (Lipinski definition) is 5. The van der Waals surface area contributed by atoms with Crippen molar-refractivity contribution < 1.29 is 9.52 Å². The Labute approximate surface area is 241 Å². The first-order valence-electron chi connectivity index (χ1n) is 14.2. The average Bonchev–Trinajstić information content (AvgIpc) is 2.92. The van der Waals surface area contributed by atoms with Gasteiger partial charge in [-0.25, -0.2) is 0 Å². The molecule has 3 aromatic carbocycles. The molecule has 0 unspecified atom stereocenters. The maximum atomic E-state index is 13.6. The molecule has 0 spiro atoms. The predicted molar refractivity (Wildman–Crippen MR) is 167 cm³/mol. The maximum absolute atomic E-state index is 13.6. The summed E-state index contributed by atoms with van der Waals surface area (Å²) < 4.78 is 6.64. The molecule has 6 heteroatoms. The molecule has 40 heavy (non-hydrogen) atoms. The highest BCUT2D eigenvalue weighted by Crippen LogP contribution is 2.37. The van der Waals surface area contributed by atoms with Crippen LogP contribution in [0.3, 0.4) is 0 Å². The molecule has 1 saturated heterocycles. The minimum atomic E-state index is -0.133. The molecule has 1 atom stereocenters. The van der Waals surface area contributed by atoms with Crippen LogP contribution in [0.25, 0.3) is 22.1 Å². The second kappa shape index (κ2) is 11.3. The van der Waals surface area contributed by atoms with Gasteiger partial charge in [-0.2, -0.15) is 0 Å². The summed E-state index contributed by atoms with van der Waals surface area (Å²) >= 11 is 6.54. The highest BCUT2D eigenvalue weighted by molar-refractivity contribution is 6.31. The summed E-state index contributed by atoms with van der Waals surface area (Å²) in [5.74, 6) is 0.698. The number of aliphatic hydroxyl groups is 1. The van der Waals surface area contributed by atoms with Crippen molar-refractivity contribution in [1.29, 1.82) is 0 Å². The number of aliphatic hydroxyl groups excluding tert-OH is 1. The van der Waals surface area contributed by atoms with Gasteiger partial charge >= 0.3 is 0 Å². The van der Waals surface area contributed by atoms with Crippen LogP contribution in [0, 0.1) is 19.3 Å². The number of rotatable bonds is 7. The number of anilines is 2. The molecule has 0 bridgehead atoms. The molecular weight excluding hydrogens is 520 g/mol. The van der Waals surface area contributed by atoms with E-state index in [4.69, 9.17) is 16.0 Å². The number of halogens is 1. The zero-order valence-corrected chi connectivity index (χ0v) is 24.9. The molecule has 2 N–H and O–H groups in total. The van der Waals surface area contributed by atoms with E-state index in [9.17, 15) is 9.90 Å². The molecule has 1 aliphatic heterocycles. The fourth-order valence-electron chi connectivity index (χ4n) is 5.70. The smallest absolute Gasteiger partial charge is 0.202 e. The summed E-state index contributed by atoms with van der Waals surface area (Å²) in [5, 5.41) is 14.3. The van der Waals surface area contributed by atoms with Crippen LogP contribution in [0.2, 0.25) is 5.02 Å². The molecule has 5 nitrogen and oxygen atoms in total. The second-order valence-electron chi connectivity index (χ2n) is 11.9. The third-order valence-electron chi connectivity index (χ3n) is 8.28. The Morgan fingerprint density at radius 1 is 1.07 bits per heavy atom. The molecule has 1 aromatic heterocycles. The summed E-state index contributed by atoms with van der Waals surface area (Å²) in [5.41, 5.74) is 7.55. The highest BCUT2D eigenvalue weighted by atomic mass is 35.5. The third-order valence-corrected chi connectivity index (χ3v) is 8.63. The molecule has 0 radical (unpaired) electrons. The van der Waals surface area contributed by atoms with Crippen molar-refractivity contribution >= 4 is 34.1 Å². The molecular formula is C34H39ClN2O3. The van der Waals surface area contributed by atoms with Gasteiger partial charge in [0, 0.05) is 41.5 Å². The van der Waals surface area contributed by atoms with Gasteiger partial charge < -0.3 is 19.7 Å². The van der Waals surface area contributed by atoms with Crippen molar-refractivity contribution in [3.63, 3.8) is 0 Å². The average molecular weight is 559 g/mol. The van der Waals surface area contributed by atoms with Gasteiger partial charge in [0.2, 0.25) is 5.88 Å². The Hall–Kier alpha value is -3.28. The summed E-state index contributed by atoms with van der Waals surface area (Å²) in [6.07, 6.45) is 2.65. The summed E-state index contributed by atoms with van der Waals surface area (Å²) in [7, 11) is 0. The lowest BCUT2D eigenvalue weighted by Gasteiger charge is -2.37. The van der Waals surface area contributed by atoms with Crippen LogP contribution >= 0.6 is 11.6 Å². The Morgan fingerprint density at radius 3 is 2.50 bits per heavy atom. The van der Waals surface area contributed by atoms with Gasteiger partial charge in [-0.05, 0) is 80.3 Å². The van der Waals surface area contributed by atoms with Crippen LogP contribution in [-0.4, -0.2) is 24.8 Å². The van der Waals surface area contributed by atoms with E-state index in [1.807, 2.05) is 50.2 Å². The Kier molecular flexibility index (Phi) is 7.98. The van der Waals surface area contributed by atoms with E-state index in [1.54, 1.807) is 0 Å². The number of benzene rings is 3. The first kappa shape index (κ1) is 28.3. The zero-order valence-electron chi connectivity index (χ0n) is 24.1. The molecule has 0 amide bonds. The molecule has 0 saturated carbocycles. The van der Waals surface area contributed by atoms with Gasteiger partial charge in [-0.1, -0.05) is 61.8 Å². The van der Waals surface area contributed by atoms with E-state index in [0.29, 0.717) is 39.3 Å². The number of fused-ring (bicyclic) bond motifs is 1. The second-order valence-corrected chi connectivity index (χ2v) is 12.3. The van der Waals surface area contributed by atoms with Crippen molar-refractivity contribution in [2.45, 2.75) is 59.9 Å². The van der Waals surface area contributed by atoms with E-state index in [-0.39, 0.29) is 18.1 Å². The van der Waals surface area contributed by atoms with Gasteiger partial charge in [-0.15, -0.1) is 0 Å². The van der Waals surface area contributed by atoms with E-state index < -0.39 is 0 Å². The minimum absolute atomic E-state index is 0.0382. The van der Waals surface area contributed by atoms with Gasteiger partial charge in [0.15, 0.2) is 5.43 Å². The summed E-state index contributed by atoms with van der Waals surface area (Å²) in [6.45, 7) is 12.4. The number of aryl methyl sites for hydroxylation is 1. The number of hydrogen-bond donors (Lipinski definition) is 2. The lowest BCUT2D eigenvalue weighted by atomic mass is 9.82. The van der Waals surface area contributed by atoms with Crippen molar-refractivity contribution in [2.75, 3.05) is 29.9 Å². The number of piperidine rings is 1. The first-order valence-corrected chi connectivity index (χ1v) is 14.5. The van der Waals surface area contributed by atoms with E-state index in [1.165, 1.54) is 0 Å². The van der Waals surface area contributed by atoms with Crippen LogP contribution < -0.4 is 15.6 Å². The Morgan fingerprint density at radius 2 is 1.80 bits per heavy atom. The van der Waals surface area contributed by atoms with Gasteiger partial charge in [0.25, 0.3) is 0 Å². The monoisotopic (exact) mass is 558 g/mol. The van der Waals surface area contributed by atoms with Gasteiger partial charge in [-0.3, -0.25) is 4.79 Å². The van der Waals surface area contributed by atoms with Crippen LogP contribution in [0.1, 0.15) is 61.9 Å². The Balaban J connectivity index is 1.53. The molecule has 5 rings (SSSR count). The van der Waals surface area contributed by atoms with Gasteiger partial charge in [0.1, 0.15) is 5.58 Å². The lowest BCUT2D eigenvalue weighted by molar-refractivity contribution is 0.274. The maximum Gasteiger partial charge on any atom is 0.202 e. The van der Waals surface area contributed by atoms with Crippen LogP contribution in [0.5, 0.6) is 0 Å². The third kappa shape index (κ3) is 5.63. The predicted octanol–water partition coefficient (Wildman–Crippen LogP) is 8.06. The zero-order chi connectivity index (χ0) is 28.6. The fourth-order valence-corrected chi connectivity index (χ4v) is 5.98. The standard InChI is InChI=1S/C34H39ClN2O3/c1-21-18-27(32-28(19-21)31(39)22(2)33(40-32)37-15-13-34(4,5)14-16-37)23(3)36-30-9-7-6-8-26(30)25-11-10-24(12-17-38)29(35)20-25/h6-11,18-20,23,36,38H,12-17H2,1-5H3/t23-/m1/s1. The molecule has 4 aromatic rings. The molecule has 1 aliphatic rings. The minimum Gasteiger partial charge on any atom is -0.440 e. The largest absolute Gasteiger partial charge is 0.440 e. The number of nitrogens with one attached hydrogen (secondary N) is 1. The van der Waals surface area contributed by atoms with Crippen molar-refractivity contribution in [3.8, 4) is 11.1 Å². The van der Waals surface area contributed by atoms with Gasteiger partial charge in [0.05, 0.1) is 17.0 Å². The summed E-state index contributed by atoms with van der Waals surface area (Å²) in [6, 6.07) is 18.0. The van der Waals surface area contributed by atoms with Crippen LogP contribution in [-0.2, 0) is 6.42 Å². The first-order chi connectivity index (χ1) is 19.1. The van der Waals surface area contributed by atoms with Crippen molar-refractivity contribution in [1.82, 2.24) is 0 Å². The van der Waals surface area contributed by atoms with Crippen molar-refractivity contribution in [3.05, 3.63) is 92.1 Å². The molecule has 1 fully saturated rings. The lowest BCUT2D eigenvalue weighted by Crippen LogP contribution is -2.38. The highest BCUT2D eigenvalue weighted by Gasteiger charge is 2.29. The van der Waals surface area contributed by atoms with Crippen LogP contribution in [0.4, 0.5) is 11.6 Å².